The van der Waals surface area contributed by atoms with E-state index in [9.17, 15) is 0 Å². The van der Waals surface area contributed by atoms with Gasteiger partial charge in [-0.2, -0.15) is 0 Å². The van der Waals surface area contributed by atoms with E-state index in [1.54, 1.807) is 0 Å². The SMILES string of the molecule is CC(C)(C)c1ccc(N2c3cc(N(c4ccccc4)c4ccc5c(c4)C(C)(C)CC5(C)C)cc4c3B(c3cc(C(C)(C)C)cc5c3N4c3ccc(C(C)(C)C)cc3O5)c3sc4ccc(C(C)(C)C)cc4c32)cc1. The van der Waals surface area contributed by atoms with Gasteiger partial charge in [0.15, 0.2) is 11.5 Å². The maximum atomic E-state index is 7.32. The Kier molecular flexibility index (Phi) is 10.2. The van der Waals surface area contributed by atoms with Gasteiger partial charge >= 0.3 is 0 Å². The summed E-state index contributed by atoms with van der Waals surface area (Å²) in [5, 5.41) is 1.30. The predicted octanol–water partition coefficient (Wildman–Crippen LogP) is 17.7. The molecule has 0 saturated carbocycles. The quantitative estimate of drug-likeness (QED) is 0.164. The van der Waals surface area contributed by atoms with Crippen molar-refractivity contribution < 1.29 is 4.74 Å². The Labute approximate surface area is 440 Å². The molecule has 0 spiro atoms. The Hall–Kier alpha value is -6.24. The highest BCUT2D eigenvalue weighted by Gasteiger charge is 2.49. The van der Waals surface area contributed by atoms with Gasteiger partial charge in [-0.1, -0.05) is 165 Å². The summed E-state index contributed by atoms with van der Waals surface area (Å²) in [4.78, 5) is 7.75. The van der Waals surface area contributed by atoms with Crippen molar-refractivity contribution in [3.63, 3.8) is 0 Å². The normalized spacial score (nSPS) is 16.1. The third kappa shape index (κ3) is 7.50. The van der Waals surface area contributed by atoms with E-state index in [1.807, 2.05) is 11.3 Å². The lowest BCUT2D eigenvalue weighted by molar-refractivity contribution is 0.403. The maximum absolute atomic E-state index is 7.32. The summed E-state index contributed by atoms with van der Waals surface area (Å²) in [6.07, 6.45) is 1.11. The largest absolute Gasteiger partial charge is 0.453 e. The summed E-state index contributed by atoms with van der Waals surface area (Å²) < 4.78 is 9.99. The van der Waals surface area contributed by atoms with Crippen molar-refractivity contribution in [2.75, 3.05) is 14.7 Å². The molecule has 0 radical (unpaired) electrons. The molecule has 4 heterocycles. The van der Waals surface area contributed by atoms with Crippen molar-refractivity contribution in [1.82, 2.24) is 0 Å². The zero-order chi connectivity index (χ0) is 51.7. The molecule has 73 heavy (non-hydrogen) atoms. The Morgan fingerprint density at radius 3 is 1.74 bits per heavy atom. The highest BCUT2D eigenvalue weighted by atomic mass is 32.1. The lowest BCUT2D eigenvalue weighted by atomic mass is 9.36. The molecule has 0 N–H and O–H groups in total. The van der Waals surface area contributed by atoms with Crippen LogP contribution >= 0.6 is 11.3 Å². The van der Waals surface area contributed by atoms with Gasteiger partial charge < -0.3 is 19.4 Å². The maximum Gasteiger partial charge on any atom is 0.264 e. The van der Waals surface area contributed by atoms with Gasteiger partial charge in [0, 0.05) is 43.3 Å². The minimum atomic E-state index is -0.129. The van der Waals surface area contributed by atoms with E-state index < -0.39 is 0 Å². The van der Waals surface area contributed by atoms with Crippen LogP contribution in [-0.4, -0.2) is 6.71 Å². The summed E-state index contributed by atoms with van der Waals surface area (Å²) in [6.45, 7) is 37.5. The van der Waals surface area contributed by atoms with E-state index in [0.29, 0.717) is 0 Å². The number of rotatable bonds is 4. The Morgan fingerprint density at radius 1 is 0.493 bits per heavy atom. The number of ether oxygens (including phenoxy) is 1. The number of hydrogen-bond acceptors (Lipinski definition) is 5. The van der Waals surface area contributed by atoms with Crippen molar-refractivity contribution in [3.8, 4) is 11.5 Å². The van der Waals surface area contributed by atoms with E-state index in [4.69, 9.17) is 4.74 Å². The van der Waals surface area contributed by atoms with Gasteiger partial charge in [-0.25, -0.2) is 0 Å². The highest BCUT2D eigenvalue weighted by molar-refractivity contribution is 7.33. The van der Waals surface area contributed by atoms with E-state index >= 15 is 0 Å². The van der Waals surface area contributed by atoms with Crippen LogP contribution in [0.2, 0.25) is 0 Å². The summed E-state index contributed by atoms with van der Waals surface area (Å²) in [5.74, 6) is 1.81. The van der Waals surface area contributed by atoms with Crippen molar-refractivity contribution in [1.29, 1.82) is 0 Å². The van der Waals surface area contributed by atoms with Gasteiger partial charge in [0.2, 0.25) is 0 Å². The predicted molar refractivity (Wildman–Crippen MR) is 316 cm³/mol. The number of nitrogens with zero attached hydrogens (tertiary/aromatic N) is 3. The van der Waals surface area contributed by atoms with Crippen molar-refractivity contribution in [2.24, 2.45) is 0 Å². The van der Waals surface area contributed by atoms with Gasteiger partial charge in [0.1, 0.15) is 0 Å². The molecule has 0 fully saturated rings. The van der Waals surface area contributed by atoms with Crippen LogP contribution in [0.3, 0.4) is 0 Å². The second kappa shape index (κ2) is 15.6. The molecule has 1 aliphatic carbocycles. The fourth-order valence-electron chi connectivity index (χ4n) is 12.8. The summed E-state index contributed by atoms with van der Waals surface area (Å²) in [7, 11) is 0. The second-order valence-corrected chi connectivity index (χ2v) is 28.2. The van der Waals surface area contributed by atoms with Gasteiger partial charge in [-0.15, -0.1) is 11.3 Å². The third-order valence-electron chi connectivity index (χ3n) is 16.6. The van der Waals surface area contributed by atoms with Crippen molar-refractivity contribution in [2.45, 2.75) is 150 Å². The van der Waals surface area contributed by atoms with Crippen LogP contribution in [0.25, 0.3) is 10.1 Å². The van der Waals surface area contributed by atoms with Crippen LogP contribution in [-0.2, 0) is 32.5 Å². The number of anilines is 9. The molecule has 7 aromatic carbocycles. The van der Waals surface area contributed by atoms with Crippen LogP contribution < -0.4 is 35.1 Å². The Bertz CT molecular complexity index is 3570. The Balaban J connectivity index is 1.23. The van der Waals surface area contributed by atoms with E-state index in [-0.39, 0.29) is 39.2 Å². The fourth-order valence-corrected chi connectivity index (χ4v) is 14.1. The molecule has 4 nitrogen and oxygen atoms in total. The van der Waals surface area contributed by atoms with Crippen LogP contribution in [0, 0.1) is 0 Å². The minimum absolute atomic E-state index is 0.00500. The first-order valence-electron chi connectivity index (χ1n) is 26.7. The molecule has 0 unspecified atom stereocenters. The van der Waals surface area contributed by atoms with Gasteiger partial charge in [-0.3, -0.25) is 0 Å². The third-order valence-corrected chi connectivity index (χ3v) is 17.8. The highest BCUT2D eigenvalue weighted by Crippen LogP contribution is 2.58. The number of fused-ring (bicyclic) bond motifs is 9. The van der Waals surface area contributed by atoms with Crippen LogP contribution in [0.1, 0.15) is 151 Å². The van der Waals surface area contributed by atoms with Crippen LogP contribution in [0.4, 0.5) is 51.2 Å². The number of para-hydroxylation sites is 1. The molecule has 0 atom stereocenters. The molecule has 0 saturated heterocycles. The monoisotopic (exact) mass is 978 g/mol. The molecule has 4 aliphatic rings. The van der Waals surface area contributed by atoms with Gasteiger partial charge in [0.05, 0.1) is 22.7 Å². The zero-order valence-corrected chi connectivity index (χ0v) is 47.0. The summed E-state index contributed by atoms with van der Waals surface area (Å²) in [6, 6.07) is 52.0. The average Bonchev–Trinajstić information content (AvgIpc) is 3.78. The summed E-state index contributed by atoms with van der Waals surface area (Å²) >= 11 is 1.97. The zero-order valence-electron chi connectivity index (χ0n) is 46.1. The van der Waals surface area contributed by atoms with Crippen LogP contribution in [0.5, 0.6) is 11.5 Å². The Morgan fingerprint density at radius 2 is 1.08 bits per heavy atom. The van der Waals surface area contributed by atoms with E-state index in [1.165, 1.54) is 76.2 Å². The van der Waals surface area contributed by atoms with E-state index in [2.05, 4.69) is 259 Å². The molecule has 12 rings (SSSR count). The first-order valence-corrected chi connectivity index (χ1v) is 27.5. The second-order valence-electron chi connectivity index (χ2n) is 27.1. The molecule has 0 bridgehead atoms. The molecule has 3 aliphatic heterocycles. The smallest absolute Gasteiger partial charge is 0.264 e. The number of thiophene rings is 1. The van der Waals surface area contributed by atoms with Crippen molar-refractivity contribution >= 4 is 95.0 Å². The molecular weight excluding hydrogens is 906 g/mol. The molecule has 1 aromatic heterocycles. The fraction of sp³-hybridized carbons (Fsp3) is 0.343. The minimum Gasteiger partial charge on any atom is -0.453 e. The first-order chi connectivity index (χ1) is 34.2. The molecule has 370 valence electrons. The van der Waals surface area contributed by atoms with Crippen LogP contribution in [0.15, 0.2) is 133 Å². The van der Waals surface area contributed by atoms with E-state index in [0.717, 1.165) is 52.0 Å². The number of benzene rings is 7. The summed E-state index contributed by atoms with van der Waals surface area (Å²) in [5.41, 5.74) is 21.0. The number of hydrogen-bond donors (Lipinski definition) is 0. The molecule has 8 aromatic rings. The molecule has 6 heteroatoms. The lowest BCUT2D eigenvalue weighted by Gasteiger charge is -2.46. The standard InChI is InChI=1S/C67H72BN3OS/c1-62(2,3)40-22-26-45(27-23-40)70-53-37-47(69(44-20-18-17-19-21-44)46-28-29-49-50(36-46)67(15,16)39-66(49,13)14)38-54-58(53)68(61-59(70)48-32-41(63(4,5)6)25-31-57(48)73-61)51-33-43(65(10,11)12)35-56-60(51)71(54)52-30-24-42(64(7,8)9)34-55(52)72-56/h17-38H,39H2,1-16H3. The topological polar surface area (TPSA) is 19.0 Å². The van der Waals surface area contributed by atoms with Gasteiger partial charge in [0.25, 0.3) is 6.71 Å². The first kappa shape index (κ1) is 47.7. The molecule has 0 amide bonds. The van der Waals surface area contributed by atoms with Crippen molar-refractivity contribution in [3.05, 3.63) is 167 Å². The lowest BCUT2D eigenvalue weighted by Crippen LogP contribution is -2.61. The average molecular weight is 978 g/mol. The van der Waals surface area contributed by atoms with Gasteiger partial charge in [-0.05, 0) is 162 Å². The molecular formula is C67H72BN3OS.